The highest BCUT2D eigenvalue weighted by Gasteiger charge is 2.26. The minimum absolute atomic E-state index is 0.194. The normalized spacial score (nSPS) is 12.2. The lowest BCUT2D eigenvalue weighted by molar-refractivity contribution is 0.382. The first-order valence-corrected chi connectivity index (χ1v) is 6.87. The molecule has 0 unspecified atom stereocenters. The highest BCUT2D eigenvalue weighted by Crippen LogP contribution is 2.34. The van der Waals surface area contributed by atoms with Crippen LogP contribution in [0.5, 0.6) is 0 Å². The van der Waals surface area contributed by atoms with Gasteiger partial charge in [0.25, 0.3) is 0 Å². The number of imidazole rings is 1. The Morgan fingerprint density at radius 2 is 1.80 bits per heavy atom. The minimum Gasteiger partial charge on any atom is -0.383 e. The Labute approximate surface area is 119 Å². The van der Waals surface area contributed by atoms with Crippen LogP contribution in [-0.4, -0.2) is 9.55 Å². The van der Waals surface area contributed by atoms with Crippen molar-refractivity contribution in [1.82, 2.24) is 9.55 Å². The van der Waals surface area contributed by atoms with Gasteiger partial charge in [0.2, 0.25) is 0 Å². The van der Waals surface area contributed by atoms with Crippen LogP contribution < -0.4 is 5.73 Å². The predicted octanol–water partition coefficient (Wildman–Crippen LogP) is 4.15. The van der Waals surface area contributed by atoms with Crippen LogP contribution >= 0.6 is 0 Å². The highest BCUT2D eigenvalue weighted by molar-refractivity contribution is 5.71. The molecule has 0 aliphatic rings. The highest BCUT2D eigenvalue weighted by atomic mass is 19.1. The number of anilines is 1. The summed E-state index contributed by atoms with van der Waals surface area (Å²) in [6.07, 6.45) is 0. The van der Waals surface area contributed by atoms with Crippen LogP contribution in [0.1, 0.15) is 46.4 Å². The van der Waals surface area contributed by atoms with E-state index in [1.807, 2.05) is 4.57 Å². The van der Waals surface area contributed by atoms with Gasteiger partial charge in [-0.15, -0.1) is 0 Å². The molecule has 0 saturated carbocycles. The summed E-state index contributed by atoms with van der Waals surface area (Å²) in [6.45, 7) is 10.3. The van der Waals surface area contributed by atoms with Crippen LogP contribution in [0, 0.1) is 5.82 Å². The number of nitrogens with two attached hydrogens (primary N) is 1. The molecule has 2 rings (SSSR count). The molecule has 0 fully saturated rings. The summed E-state index contributed by atoms with van der Waals surface area (Å²) in [5, 5.41) is 0. The molecular formula is C16H22FN3. The van der Waals surface area contributed by atoms with Gasteiger partial charge in [0, 0.05) is 17.0 Å². The molecule has 0 atom stereocenters. The quantitative estimate of drug-likeness (QED) is 0.894. The average molecular weight is 275 g/mol. The summed E-state index contributed by atoms with van der Waals surface area (Å²) in [4.78, 5) is 4.60. The largest absolute Gasteiger partial charge is 0.383 e. The Kier molecular flexibility index (Phi) is 3.59. The van der Waals surface area contributed by atoms with Gasteiger partial charge in [-0.1, -0.05) is 26.0 Å². The fourth-order valence-electron chi connectivity index (χ4n) is 2.39. The predicted molar refractivity (Wildman–Crippen MR) is 81.1 cm³/mol. The summed E-state index contributed by atoms with van der Waals surface area (Å²) in [6, 6.07) is 6.60. The number of hydrogen-bond acceptors (Lipinski definition) is 2. The van der Waals surface area contributed by atoms with Crippen LogP contribution in [0.3, 0.4) is 0 Å². The van der Waals surface area contributed by atoms with Crippen molar-refractivity contribution in [3.63, 3.8) is 0 Å². The second-order valence-corrected chi connectivity index (χ2v) is 6.34. The van der Waals surface area contributed by atoms with E-state index in [-0.39, 0.29) is 17.3 Å². The SMILES string of the molecule is CC(C)c1nc(-c2ccccc2F)c(N)n1C(C)(C)C. The first-order valence-electron chi connectivity index (χ1n) is 6.87. The van der Waals surface area contributed by atoms with E-state index in [1.54, 1.807) is 18.2 Å². The lowest BCUT2D eigenvalue weighted by Crippen LogP contribution is -2.26. The van der Waals surface area contributed by atoms with Crippen molar-refractivity contribution in [3.05, 3.63) is 35.9 Å². The van der Waals surface area contributed by atoms with E-state index in [2.05, 4.69) is 39.6 Å². The van der Waals surface area contributed by atoms with E-state index in [0.29, 0.717) is 17.1 Å². The van der Waals surface area contributed by atoms with E-state index >= 15 is 0 Å². The summed E-state index contributed by atoms with van der Waals surface area (Å²) in [5.74, 6) is 1.32. The van der Waals surface area contributed by atoms with Crippen LogP contribution in [0.4, 0.5) is 10.2 Å². The lowest BCUT2D eigenvalue weighted by atomic mass is 10.1. The summed E-state index contributed by atoms with van der Waals surface area (Å²) < 4.78 is 16.0. The number of halogens is 1. The zero-order chi connectivity index (χ0) is 15.1. The van der Waals surface area contributed by atoms with Gasteiger partial charge in [-0.05, 0) is 32.9 Å². The standard InChI is InChI=1S/C16H22FN3/c1-10(2)15-19-13(11-8-6-7-9-12(11)17)14(18)20(15)16(3,4)5/h6-10H,18H2,1-5H3. The van der Waals surface area contributed by atoms with Gasteiger partial charge in [0.05, 0.1) is 0 Å². The molecule has 2 aromatic rings. The van der Waals surface area contributed by atoms with E-state index in [9.17, 15) is 4.39 Å². The maximum absolute atomic E-state index is 14.0. The van der Waals surface area contributed by atoms with Gasteiger partial charge >= 0.3 is 0 Å². The minimum atomic E-state index is -0.298. The second kappa shape index (κ2) is 4.93. The van der Waals surface area contributed by atoms with Crippen LogP contribution in [0.2, 0.25) is 0 Å². The van der Waals surface area contributed by atoms with Gasteiger partial charge in [0.15, 0.2) is 0 Å². The molecule has 3 nitrogen and oxygen atoms in total. The first kappa shape index (κ1) is 14.6. The first-order chi connectivity index (χ1) is 9.23. The Hall–Kier alpha value is -1.84. The molecule has 0 bridgehead atoms. The molecule has 1 aromatic carbocycles. The number of hydrogen-bond donors (Lipinski definition) is 1. The summed E-state index contributed by atoms with van der Waals surface area (Å²) >= 11 is 0. The van der Waals surface area contributed by atoms with Crippen molar-refractivity contribution in [1.29, 1.82) is 0 Å². The van der Waals surface area contributed by atoms with E-state index < -0.39 is 0 Å². The Bertz CT molecular complexity index is 621. The molecule has 0 radical (unpaired) electrons. The van der Waals surface area contributed by atoms with Crippen LogP contribution in [0.25, 0.3) is 11.3 Å². The molecule has 2 N–H and O–H groups in total. The molecule has 0 spiro atoms. The molecular weight excluding hydrogens is 253 g/mol. The second-order valence-electron chi connectivity index (χ2n) is 6.34. The van der Waals surface area contributed by atoms with Gasteiger partial charge in [-0.25, -0.2) is 9.37 Å². The maximum Gasteiger partial charge on any atom is 0.132 e. The monoisotopic (exact) mass is 275 g/mol. The number of nitrogen functional groups attached to an aromatic ring is 1. The van der Waals surface area contributed by atoms with Gasteiger partial charge in [-0.3, -0.25) is 0 Å². The van der Waals surface area contributed by atoms with Crippen molar-refractivity contribution < 1.29 is 4.39 Å². The molecule has 0 saturated heterocycles. The van der Waals surface area contributed by atoms with E-state index in [1.165, 1.54) is 6.07 Å². The molecule has 0 aliphatic carbocycles. The zero-order valence-corrected chi connectivity index (χ0v) is 12.7. The zero-order valence-electron chi connectivity index (χ0n) is 12.7. The Balaban J connectivity index is 2.72. The topological polar surface area (TPSA) is 43.8 Å². The average Bonchev–Trinajstić information content (AvgIpc) is 2.67. The molecule has 108 valence electrons. The molecule has 20 heavy (non-hydrogen) atoms. The van der Waals surface area contributed by atoms with Crippen molar-refractivity contribution in [2.45, 2.75) is 46.1 Å². The number of rotatable bonds is 2. The molecule has 4 heteroatoms. The third-order valence-corrected chi connectivity index (χ3v) is 3.26. The smallest absolute Gasteiger partial charge is 0.132 e. The van der Waals surface area contributed by atoms with Crippen molar-refractivity contribution in [2.75, 3.05) is 5.73 Å². The van der Waals surface area contributed by atoms with E-state index in [4.69, 9.17) is 5.73 Å². The van der Waals surface area contributed by atoms with Crippen molar-refractivity contribution in [2.24, 2.45) is 0 Å². The fourth-order valence-corrected chi connectivity index (χ4v) is 2.39. The number of aromatic nitrogens is 2. The third-order valence-electron chi connectivity index (χ3n) is 3.26. The lowest BCUT2D eigenvalue weighted by Gasteiger charge is -2.26. The maximum atomic E-state index is 14.0. The van der Waals surface area contributed by atoms with Gasteiger partial charge < -0.3 is 10.3 Å². The van der Waals surface area contributed by atoms with Crippen LogP contribution in [0.15, 0.2) is 24.3 Å². The Morgan fingerprint density at radius 1 is 1.20 bits per heavy atom. The van der Waals surface area contributed by atoms with Crippen molar-refractivity contribution >= 4 is 5.82 Å². The van der Waals surface area contributed by atoms with E-state index in [0.717, 1.165) is 5.82 Å². The van der Waals surface area contributed by atoms with Crippen LogP contribution in [-0.2, 0) is 5.54 Å². The Morgan fingerprint density at radius 3 is 2.25 bits per heavy atom. The summed E-state index contributed by atoms with van der Waals surface area (Å²) in [5.41, 5.74) is 7.05. The molecule has 0 amide bonds. The number of benzene rings is 1. The molecule has 1 heterocycles. The van der Waals surface area contributed by atoms with Gasteiger partial charge in [-0.2, -0.15) is 0 Å². The summed E-state index contributed by atoms with van der Waals surface area (Å²) in [7, 11) is 0. The van der Waals surface area contributed by atoms with Gasteiger partial charge in [0.1, 0.15) is 23.2 Å². The fraction of sp³-hybridized carbons (Fsp3) is 0.438. The molecule has 1 aromatic heterocycles. The third kappa shape index (κ3) is 2.42. The van der Waals surface area contributed by atoms with Crippen molar-refractivity contribution in [3.8, 4) is 11.3 Å². The molecule has 0 aliphatic heterocycles. The number of nitrogens with zero attached hydrogens (tertiary/aromatic N) is 2.